The van der Waals surface area contributed by atoms with Crippen molar-refractivity contribution in [2.75, 3.05) is 24.3 Å². The molecule has 6 nitrogen and oxygen atoms in total. The number of aromatic nitrogens is 3. The summed E-state index contributed by atoms with van der Waals surface area (Å²) in [6, 6.07) is 5.51. The van der Waals surface area contributed by atoms with Crippen LogP contribution in [-0.2, 0) is 22.7 Å². The van der Waals surface area contributed by atoms with Gasteiger partial charge >= 0.3 is 6.18 Å². The number of rotatable bonds is 5. The Morgan fingerprint density at radius 3 is 2.50 bits per heavy atom. The summed E-state index contributed by atoms with van der Waals surface area (Å²) in [5.74, 6) is 5.68. The van der Waals surface area contributed by atoms with Gasteiger partial charge in [-0.15, -0.1) is 0 Å². The second-order valence-electron chi connectivity index (χ2n) is 7.85. The van der Waals surface area contributed by atoms with Crippen LogP contribution in [0.5, 0.6) is 5.75 Å². The smallest absolute Gasteiger partial charge is 0.419 e. The Morgan fingerprint density at radius 2 is 1.88 bits per heavy atom. The van der Waals surface area contributed by atoms with Crippen LogP contribution in [0.2, 0.25) is 0 Å². The fraction of sp³-hybridized carbons (Fsp3) is 0.292. The molecule has 0 spiro atoms. The van der Waals surface area contributed by atoms with Crippen molar-refractivity contribution in [2.24, 2.45) is 0 Å². The zero-order valence-corrected chi connectivity index (χ0v) is 20.3. The Bertz CT molecular complexity index is 1320. The highest BCUT2D eigenvalue weighted by Crippen LogP contribution is 2.42. The van der Waals surface area contributed by atoms with Gasteiger partial charge in [0.2, 0.25) is 0 Å². The van der Waals surface area contributed by atoms with Crippen molar-refractivity contribution in [3.8, 4) is 28.8 Å². The maximum absolute atomic E-state index is 13.6. The van der Waals surface area contributed by atoms with Crippen molar-refractivity contribution < 1.29 is 22.1 Å². The van der Waals surface area contributed by atoms with E-state index in [1.807, 2.05) is 6.92 Å². The molecule has 0 aliphatic carbocycles. The number of ether oxygens (including phenoxy) is 1. The summed E-state index contributed by atoms with van der Waals surface area (Å²) < 4.78 is 61.0. The van der Waals surface area contributed by atoms with Gasteiger partial charge in [-0.1, -0.05) is 24.8 Å². The van der Waals surface area contributed by atoms with Gasteiger partial charge in [0.15, 0.2) is 0 Å². The Kier molecular flexibility index (Phi) is 7.26. The number of nitrogens with zero attached hydrogens (tertiary/aromatic N) is 3. The fourth-order valence-corrected chi connectivity index (χ4v) is 4.14. The van der Waals surface area contributed by atoms with Crippen LogP contribution in [0.25, 0.3) is 11.3 Å². The second kappa shape index (κ2) is 9.81. The van der Waals surface area contributed by atoms with Gasteiger partial charge in [0, 0.05) is 29.8 Å². The van der Waals surface area contributed by atoms with Crippen LogP contribution in [-0.4, -0.2) is 38.8 Å². The van der Waals surface area contributed by atoms with Crippen LogP contribution in [0, 0.1) is 18.8 Å². The van der Waals surface area contributed by atoms with Crippen LogP contribution in [0.4, 0.5) is 18.9 Å². The predicted octanol–water partition coefficient (Wildman–Crippen LogP) is 4.44. The summed E-state index contributed by atoms with van der Waals surface area (Å²) >= 11 is 0. The molecule has 180 valence electrons. The molecule has 2 heterocycles. The van der Waals surface area contributed by atoms with Crippen molar-refractivity contribution in [2.45, 2.75) is 26.4 Å². The summed E-state index contributed by atoms with van der Waals surface area (Å²) in [5, 5.41) is 0. The summed E-state index contributed by atoms with van der Waals surface area (Å²) in [7, 11) is -1.38. The van der Waals surface area contributed by atoms with E-state index in [-0.39, 0.29) is 17.0 Å². The zero-order chi connectivity index (χ0) is 25.1. The molecule has 10 heteroatoms. The number of thiol groups is 1. The Balaban J connectivity index is 2.18. The molecule has 0 saturated heterocycles. The number of pyridine rings is 1. The normalized spacial score (nSPS) is 12.0. The lowest BCUT2D eigenvalue weighted by Crippen LogP contribution is -2.18. The molecule has 0 bridgehead atoms. The summed E-state index contributed by atoms with van der Waals surface area (Å²) in [4.78, 5) is 12.8. The molecule has 0 fully saturated rings. The number of hydrogen-bond acceptors (Lipinski definition) is 5. The highest BCUT2D eigenvalue weighted by molar-refractivity contribution is 8.02. The van der Waals surface area contributed by atoms with E-state index >= 15 is 0 Å². The van der Waals surface area contributed by atoms with Crippen molar-refractivity contribution in [1.29, 1.82) is 0 Å². The highest BCUT2D eigenvalue weighted by Gasteiger charge is 2.35. The van der Waals surface area contributed by atoms with Gasteiger partial charge in [0.25, 0.3) is 0 Å². The first-order valence-corrected chi connectivity index (χ1v) is 12.9. The maximum Gasteiger partial charge on any atom is 0.419 e. The molecule has 0 saturated carbocycles. The summed E-state index contributed by atoms with van der Waals surface area (Å²) in [6.07, 6.45) is 1.98. The van der Waals surface area contributed by atoms with E-state index in [4.69, 9.17) is 4.74 Å². The molecule has 0 amide bonds. The van der Waals surface area contributed by atoms with Crippen molar-refractivity contribution >= 4 is 15.8 Å². The molecule has 1 aromatic carbocycles. The van der Waals surface area contributed by atoms with Gasteiger partial charge in [-0.3, -0.25) is 9.19 Å². The lowest BCUT2D eigenvalue weighted by atomic mass is 9.99. The Morgan fingerprint density at radius 1 is 1.15 bits per heavy atom. The quantitative estimate of drug-likeness (QED) is 0.409. The van der Waals surface area contributed by atoms with E-state index in [1.54, 1.807) is 31.7 Å². The van der Waals surface area contributed by atoms with Gasteiger partial charge < -0.3 is 9.46 Å². The number of hydrogen-bond donors (Lipinski definition) is 2. The van der Waals surface area contributed by atoms with Crippen LogP contribution in [0.1, 0.15) is 35.0 Å². The number of benzene rings is 1. The average Bonchev–Trinajstić information content (AvgIpc) is 2.77. The highest BCUT2D eigenvalue weighted by atomic mass is 32.3. The minimum Gasteiger partial charge on any atom is -0.495 e. The third kappa shape index (κ3) is 5.72. The monoisotopic (exact) mass is 490 g/mol. The molecule has 0 unspecified atom stereocenters. The minimum atomic E-state index is -4.59. The third-order valence-corrected chi connectivity index (χ3v) is 5.63. The number of aryl methyl sites for hydroxylation is 2. The van der Waals surface area contributed by atoms with Gasteiger partial charge in [0.05, 0.1) is 41.0 Å². The zero-order valence-electron chi connectivity index (χ0n) is 19.4. The number of anilines is 1. The van der Waals surface area contributed by atoms with Crippen molar-refractivity contribution in [1.82, 2.24) is 15.0 Å². The number of alkyl halides is 3. The number of halogens is 3. The lowest BCUT2D eigenvalue weighted by Gasteiger charge is -2.17. The summed E-state index contributed by atoms with van der Waals surface area (Å²) in [6.45, 7) is 3.66. The van der Waals surface area contributed by atoms with Crippen LogP contribution < -0.4 is 9.46 Å². The van der Waals surface area contributed by atoms with Crippen LogP contribution >= 0.6 is 0 Å². The van der Waals surface area contributed by atoms with E-state index in [0.717, 1.165) is 6.07 Å². The number of para-hydroxylation sites is 1. The second-order valence-corrected chi connectivity index (χ2v) is 10.8. The molecule has 0 aliphatic heterocycles. The SMILES string of the molecule is CCc1ncnc(-c2cccc(C(F)(F)F)c2OC)c1C#Cc1cnc(C)c(N[SH](C)(C)=O)c1. The molecule has 34 heavy (non-hydrogen) atoms. The van der Waals surface area contributed by atoms with E-state index in [2.05, 4.69) is 31.5 Å². The molecule has 0 aliphatic rings. The van der Waals surface area contributed by atoms with Crippen LogP contribution in [0.15, 0.2) is 36.8 Å². The summed E-state index contributed by atoms with van der Waals surface area (Å²) in [5.41, 5.74) is 2.30. The molecule has 0 radical (unpaired) electrons. The van der Waals surface area contributed by atoms with Crippen molar-refractivity contribution in [3.05, 3.63) is 64.9 Å². The first kappa shape index (κ1) is 25.2. The third-order valence-electron chi connectivity index (χ3n) is 4.85. The molecule has 1 N–H and O–H groups in total. The molecule has 3 rings (SSSR count). The Labute approximate surface area is 197 Å². The first-order valence-electron chi connectivity index (χ1n) is 10.3. The molecule has 0 atom stereocenters. The maximum atomic E-state index is 13.6. The fourth-order valence-electron chi connectivity index (χ4n) is 3.33. The Hall–Kier alpha value is -3.45. The first-order chi connectivity index (χ1) is 15.9. The minimum absolute atomic E-state index is 0.168. The molecular weight excluding hydrogens is 465 g/mol. The average molecular weight is 491 g/mol. The topological polar surface area (TPSA) is 77.0 Å². The van der Waals surface area contributed by atoms with Crippen molar-refractivity contribution in [3.63, 3.8) is 0 Å². The van der Waals surface area contributed by atoms with Gasteiger partial charge in [-0.05, 0) is 41.7 Å². The largest absolute Gasteiger partial charge is 0.495 e. The number of nitrogens with one attached hydrogen (secondary N) is 1. The number of methoxy groups -OCH3 is 1. The van der Waals surface area contributed by atoms with E-state index < -0.39 is 21.9 Å². The van der Waals surface area contributed by atoms with E-state index in [0.29, 0.717) is 34.6 Å². The lowest BCUT2D eigenvalue weighted by molar-refractivity contribution is -0.138. The van der Waals surface area contributed by atoms with Gasteiger partial charge in [0.1, 0.15) is 12.1 Å². The van der Waals surface area contributed by atoms with Crippen LogP contribution in [0.3, 0.4) is 0 Å². The standard InChI is InChI=1S/C24H25F3N4O2S/c1-6-20-17(11-10-16-12-21(15(2)28-13-16)31-34(4,5)32)22(30-14-29-20)18-8-7-9-19(23(18)33-3)24(25,26)27/h7-9,12-14,34H,6H2,1-5H3,(H,31,32). The molecule has 2 aromatic heterocycles. The van der Waals surface area contributed by atoms with Gasteiger partial charge in [-0.2, -0.15) is 13.2 Å². The van der Waals surface area contributed by atoms with E-state index in [9.17, 15) is 17.4 Å². The molecular formula is C24H25F3N4O2S. The van der Waals surface area contributed by atoms with E-state index in [1.165, 1.54) is 25.6 Å². The molecule has 3 aromatic rings. The van der Waals surface area contributed by atoms with Gasteiger partial charge in [-0.25, -0.2) is 9.97 Å². The predicted molar refractivity (Wildman–Crippen MR) is 128 cm³/mol.